The summed E-state index contributed by atoms with van der Waals surface area (Å²) in [6.07, 6.45) is -4.77. The van der Waals surface area contributed by atoms with Crippen LogP contribution in [0, 0.1) is 0 Å². The lowest BCUT2D eigenvalue weighted by atomic mass is 10.1. The topological polar surface area (TPSA) is 65.4 Å². The summed E-state index contributed by atoms with van der Waals surface area (Å²) >= 11 is 5.63. The predicted molar refractivity (Wildman–Crippen MR) is 81.0 cm³/mol. The molecule has 0 saturated carbocycles. The van der Waals surface area contributed by atoms with Gasteiger partial charge in [-0.1, -0.05) is 11.6 Å². The first kappa shape index (κ1) is 18.1. The smallest absolute Gasteiger partial charge is 0.283 e. The van der Waals surface area contributed by atoms with Crippen molar-refractivity contribution < 1.29 is 22.3 Å². The summed E-state index contributed by atoms with van der Waals surface area (Å²) in [4.78, 5) is 0. The van der Waals surface area contributed by atoms with Gasteiger partial charge in [0.2, 0.25) is 0 Å². The Kier molecular flexibility index (Phi) is 5.66. The van der Waals surface area contributed by atoms with Gasteiger partial charge in [-0.15, -0.1) is 0 Å². The standard InChI is InChI=1S/C14H13ClF4N4O/c1-24-9-3-2-7(5-21-20)4-8(9)6-23-12(14(18)19)10(15)11(22-23)13(16)17/h2-5,13-14H,6,20H2,1H3. The van der Waals surface area contributed by atoms with Crippen molar-refractivity contribution in [2.45, 2.75) is 19.4 Å². The number of hydrogen-bond donors (Lipinski definition) is 1. The quantitative estimate of drug-likeness (QED) is 0.367. The molecular formula is C14H13ClF4N4O. The maximum atomic E-state index is 13.2. The third-order valence-corrected chi connectivity index (χ3v) is 3.61. The monoisotopic (exact) mass is 364 g/mol. The minimum Gasteiger partial charge on any atom is -0.496 e. The van der Waals surface area contributed by atoms with Crippen LogP contribution in [-0.2, 0) is 6.54 Å². The van der Waals surface area contributed by atoms with Gasteiger partial charge in [-0.3, -0.25) is 4.68 Å². The van der Waals surface area contributed by atoms with Gasteiger partial charge in [-0.05, 0) is 23.8 Å². The summed E-state index contributed by atoms with van der Waals surface area (Å²) in [5, 5.41) is 6.15. The lowest BCUT2D eigenvalue weighted by Gasteiger charge is -2.12. The Bertz CT molecular complexity index is 749. The molecule has 1 aromatic carbocycles. The molecule has 2 N–H and O–H groups in total. The highest BCUT2D eigenvalue weighted by Crippen LogP contribution is 2.35. The Balaban J connectivity index is 2.51. The second kappa shape index (κ2) is 7.52. The number of methoxy groups -OCH3 is 1. The van der Waals surface area contributed by atoms with Gasteiger partial charge in [0.1, 0.15) is 17.1 Å². The van der Waals surface area contributed by atoms with E-state index >= 15 is 0 Å². The van der Waals surface area contributed by atoms with E-state index < -0.39 is 29.3 Å². The van der Waals surface area contributed by atoms with Gasteiger partial charge >= 0.3 is 0 Å². The van der Waals surface area contributed by atoms with Crippen LogP contribution >= 0.6 is 11.6 Å². The Morgan fingerprint density at radius 1 is 1.33 bits per heavy atom. The van der Waals surface area contributed by atoms with Gasteiger partial charge in [-0.25, -0.2) is 17.6 Å². The predicted octanol–water partition coefficient (Wildman–Crippen LogP) is 3.76. The van der Waals surface area contributed by atoms with Crippen LogP contribution in [0.1, 0.15) is 35.4 Å². The molecule has 0 amide bonds. The average Bonchev–Trinajstić information content (AvgIpc) is 2.84. The Labute approximate surface area is 139 Å². The zero-order valence-corrected chi connectivity index (χ0v) is 13.1. The molecule has 0 fully saturated rings. The molecule has 10 heteroatoms. The van der Waals surface area contributed by atoms with E-state index in [1.165, 1.54) is 13.3 Å². The number of alkyl halides is 4. The summed E-state index contributed by atoms with van der Waals surface area (Å²) in [6, 6.07) is 4.79. The zero-order chi connectivity index (χ0) is 17.9. The van der Waals surface area contributed by atoms with Crippen LogP contribution in [0.25, 0.3) is 0 Å². The third-order valence-electron chi connectivity index (χ3n) is 3.22. The molecule has 1 aromatic heterocycles. The number of nitrogens with two attached hydrogens (primary N) is 1. The van der Waals surface area contributed by atoms with Gasteiger partial charge in [0, 0.05) is 5.56 Å². The van der Waals surface area contributed by atoms with Crippen molar-refractivity contribution in [2.24, 2.45) is 10.9 Å². The molecule has 5 nitrogen and oxygen atoms in total. The van der Waals surface area contributed by atoms with Crippen LogP contribution in [0.15, 0.2) is 23.3 Å². The van der Waals surface area contributed by atoms with Crippen molar-refractivity contribution in [3.8, 4) is 5.75 Å². The fourth-order valence-electron chi connectivity index (χ4n) is 2.19. The highest BCUT2D eigenvalue weighted by molar-refractivity contribution is 6.32. The lowest BCUT2D eigenvalue weighted by Crippen LogP contribution is -2.09. The van der Waals surface area contributed by atoms with E-state index in [1.807, 2.05) is 0 Å². The maximum Gasteiger partial charge on any atom is 0.283 e. The summed E-state index contributed by atoms with van der Waals surface area (Å²) in [5.74, 6) is 5.44. The largest absolute Gasteiger partial charge is 0.496 e. The summed E-state index contributed by atoms with van der Waals surface area (Å²) in [7, 11) is 1.39. The number of hydrogen-bond acceptors (Lipinski definition) is 4. The van der Waals surface area contributed by atoms with Crippen LogP contribution < -0.4 is 10.6 Å². The maximum absolute atomic E-state index is 13.2. The Morgan fingerprint density at radius 3 is 2.58 bits per heavy atom. The van der Waals surface area contributed by atoms with E-state index in [9.17, 15) is 17.6 Å². The van der Waals surface area contributed by atoms with Crippen molar-refractivity contribution in [1.82, 2.24) is 9.78 Å². The van der Waals surface area contributed by atoms with Crippen LogP contribution in [0.4, 0.5) is 17.6 Å². The second-order valence-corrected chi connectivity index (χ2v) is 5.07. The molecule has 0 spiro atoms. The van der Waals surface area contributed by atoms with E-state index in [0.29, 0.717) is 16.9 Å². The highest BCUT2D eigenvalue weighted by Gasteiger charge is 2.28. The van der Waals surface area contributed by atoms with E-state index in [0.717, 1.165) is 4.68 Å². The van der Waals surface area contributed by atoms with Crippen LogP contribution in [0.5, 0.6) is 5.75 Å². The number of aromatic nitrogens is 2. The molecule has 1 heterocycles. The second-order valence-electron chi connectivity index (χ2n) is 4.69. The van der Waals surface area contributed by atoms with Gasteiger partial charge in [-0.2, -0.15) is 10.2 Å². The van der Waals surface area contributed by atoms with Gasteiger partial charge in [0.15, 0.2) is 0 Å². The number of nitrogens with zero attached hydrogens (tertiary/aromatic N) is 3. The summed E-state index contributed by atoms with van der Waals surface area (Å²) in [5.41, 5.74) is -0.645. The lowest BCUT2D eigenvalue weighted by molar-refractivity contribution is 0.139. The first-order chi connectivity index (χ1) is 11.4. The van der Waals surface area contributed by atoms with E-state index in [1.54, 1.807) is 18.2 Å². The minimum absolute atomic E-state index is 0.235. The fourth-order valence-corrected chi connectivity index (χ4v) is 2.49. The van der Waals surface area contributed by atoms with E-state index in [4.69, 9.17) is 22.2 Å². The first-order valence-electron chi connectivity index (χ1n) is 6.61. The molecule has 24 heavy (non-hydrogen) atoms. The molecule has 2 rings (SSSR count). The van der Waals surface area contributed by atoms with Gasteiger partial charge < -0.3 is 10.6 Å². The van der Waals surface area contributed by atoms with Crippen LogP contribution in [0.2, 0.25) is 5.02 Å². The minimum atomic E-state index is -3.06. The van der Waals surface area contributed by atoms with Crippen molar-refractivity contribution in [1.29, 1.82) is 0 Å². The number of rotatable bonds is 6. The first-order valence-corrected chi connectivity index (χ1v) is 6.99. The van der Waals surface area contributed by atoms with Gasteiger partial charge in [0.25, 0.3) is 12.9 Å². The molecule has 0 atom stereocenters. The number of halogens is 5. The third kappa shape index (κ3) is 3.61. The molecule has 0 radical (unpaired) electrons. The molecule has 0 aliphatic heterocycles. The van der Waals surface area contributed by atoms with Crippen molar-refractivity contribution >= 4 is 17.8 Å². The van der Waals surface area contributed by atoms with Gasteiger partial charge in [0.05, 0.1) is 24.9 Å². The molecule has 0 saturated heterocycles. The summed E-state index contributed by atoms with van der Waals surface area (Å²) < 4.78 is 58.0. The molecule has 2 aromatic rings. The SMILES string of the molecule is COc1ccc(C=NN)cc1Cn1nc(C(F)F)c(Cl)c1C(F)F. The average molecular weight is 365 g/mol. The number of ether oxygens (including phenoxy) is 1. The molecule has 130 valence electrons. The van der Waals surface area contributed by atoms with Crippen LogP contribution in [0.3, 0.4) is 0 Å². The van der Waals surface area contributed by atoms with Crippen molar-refractivity contribution in [3.05, 3.63) is 45.7 Å². The normalized spacial score (nSPS) is 11.8. The number of benzene rings is 1. The molecule has 0 bridgehead atoms. The van der Waals surface area contributed by atoms with Crippen molar-refractivity contribution in [2.75, 3.05) is 7.11 Å². The Morgan fingerprint density at radius 2 is 2.04 bits per heavy atom. The molecule has 0 aliphatic carbocycles. The molecular weight excluding hydrogens is 352 g/mol. The fraction of sp³-hybridized carbons (Fsp3) is 0.286. The highest BCUT2D eigenvalue weighted by atomic mass is 35.5. The van der Waals surface area contributed by atoms with Crippen LogP contribution in [-0.4, -0.2) is 23.1 Å². The zero-order valence-electron chi connectivity index (χ0n) is 12.4. The molecule has 0 aliphatic rings. The molecule has 0 unspecified atom stereocenters. The van der Waals surface area contributed by atoms with E-state index in [-0.39, 0.29) is 6.54 Å². The summed E-state index contributed by atoms with van der Waals surface area (Å²) in [6.45, 7) is -0.235. The van der Waals surface area contributed by atoms with E-state index in [2.05, 4.69) is 10.2 Å². The van der Waals surface area contributed by atoms with Crippen molar-refractivity contribution in [3.63, 3.8) is 0 Å². The Hall–Kier alpha value is -2.29. The number of hydrazone groups is 1.